The highest BCUT2D eigenvalue weighted by Gasteiger charge is 2.47. The van der Waals surface area contributed by atoms with Crippen molar-refractivity contribution in [1.29, 1.82) is 5.26 Å². The van der Waals surface area contributed by atoms with Gasteiger partial charge in [-0.15, -0.1) is 0 Å². The van der Waals surface area contributed by atoms with E-state index >= 15 is 0 Å². The Balaban J connectivity index is 1.67. The van der Waals surface area contributed by atoms with E-state index < -0.39 is 5.91 Å². The fourth-order valence-electron chi connectivity index (χ4n) is 3.05. The maximum absolute atomic E-state index is 12.3. The van der Waals surface area contributed by atoms with Gasteiger partial charge in [-0.05, 0) is 31.0 Å². The summed E-state index contributed by atoms with van der Waals surface area (Å²) in [5.74, 6) is -1.76. The predicted octanol–water partition coefficient (Wildman–Crippen LogP) is 2.10. The summed E-state index contributed by atoms with van der Waals surface area (Å²) in [6, 6.07) is 6.41. The second-order valence-electron chi connectivity index (χ2n) is 5.77. The minimum atomic E-state index is -0.482. The molecular formula is C17H14ClN3O3. The van der Waals surface area contributed by atoms with Gasteiger partial charge in [0.1, 0.15) is 12.6 Å². The molecule has 1 heterocycles. The van der Waals surface area contributed by atoms with E-state index in [1.54, 1.807) is 6.07 Å². The van der Waals surface area contributed by atoms with Gasteiger partial charge in [-0.25, -0.2) is 0 Å². The maximum atomic E-state index is 12.3. The minimum Gasteiger partial charge on any atom is -0.324 e. The Morgan fingerprint density at radius 3 is 2.42 bits per heavy atom. The van der Waals surface area contributed by atoms with Crippen molar-refractivity contribution in [2.24, 2.45) is 11.8 Å². The zero-order valence-electron chi connectivity index (χ0n) is 12.7. The van der Waals surface area contributed by atoms with Crippen LogP contribution in [0.1, 0.15) is 18.4 Å². The van der Waals surface area contributed by atoms with Crippen molar-refractivity contribution < 1.29 is 14.4 Å². The molecule has 2 aliphatic rings. The van der Waals surface area contributed by atoms with E-state index in [1.807, 2.05) is 18.2 Å². The van der Waals surface area contributed by atoms with E-state index in [1.165, 1.54) is 12.1 Å². The zero-order valence-corrected chi connectivity index (χ0v) is 13.4. The van der Waals surface area contributed by atoms with Crippen LogP contribution in [0.4, 0.5) is 5.69 Å². The van der Waals surface area contributed by atoms with Crippen LogP contribution < -0.4 is 5.32 Å². The van der Waals surface area contributed by atoms with Crippen LogP contribution in [0.5, 0.6) is 0 Å². The smallest absolute Gasteiger partial charge is 0.244 e. The van der Waals surface area contributed by atoms with Crippen LogP contribution in [-0.4, -0.2) is 29.2 Å². The molecule has 1 aliphatic carbocycles. The molecule has 0 spiro atoms. The fourth-order valence-corrected chi connectivity index (χ4v) is 3.28. The summed E-state index contributed by atoms with van der Waals surface area (Å²) in [5, 5.41) is 11.6. The number of likely N-dealkylation sites (tertiary alicyclic amines) is 1. The third kappa shape index (κ3) is 2.91. The first-order valence-corrected chi connectivity index (χ1v) is 7.88. The standard InChI is InChI=1S/C17H14ClN3O3/c18-14-7-11(6-5-10(14)8-19)20-15(22)9-21-16(23)12-3-1-2-4-13(12)17(21)24/h1-2,5-7,12-13H,3-4,9H2,(H,20,22). The quantitative estimate of drug-likeness (QED) is 0.672. The Labute approximate surface area is 143 Å². The van der Waals surface area contributed by atoms with Gasteiger partial charge in [-0.1, -0.05) is 23.8 Å². The van der Waals surface area contributed by atoms with Crippen LogP contribution >= 0.6 is 11.6 Å². The van der Waals surface area contributed by atoms with Crippen molar-refractivity contribution >= 4 is 35.0 Å². The van der Waals surface area contributed by atoms with Gasteiger partial charge in [0, 0.05) is 5.69 Å². The molecule has 0 radical (unpaired) electrons. The first-order valence-electron chi connectivity index (χ1n) is 7.51. The topological polar surface area (TPSA) is 90.3 Å². The van der Waals surface area contributed by atoms with Crippen molar-refractivity contribution in [3.63, 3.8) is 0 Å². The van der Waals surface area contributed by atoms with Crippen LogP contribution in [-0.2, 0) is 14.4 Å². The lowest BCUT2D eigenvalue weighted by Gasteiger charge is -2.14. The molecular weight excluding hydrogens is 330 g/mol. The van der Waals surface area contributed by atoms with Crippen molar-refractivity contribution in [1.82, 2.24) is 4.90 Å². The molecule has 24 heavy (non-hydrogen) atoms. The molecule has 1 fully saturated rings. The summed E-state index contributed by atoms with van der Waals surface area (Å²) in [7, 11) is 0. The first kappa shape index (κ1) is 16.2. The molecule has 1 aromatic carbocycles. The second-order valence-corrected chi connectivity index (χ2v) is 6.18. The number of imide groups is 1. The monoisotopic (exact) mass is 343 g/mol. The molecule has 0 saturated carbocycles. The Morgan fingerprint density at radius 2 is 1.88 bits per heavy atom. The number of allylic oxidation sites excluding steroid dienone is 2. The summed E-state index contributed by atoms with van der Waals surface area (Å²) < 4.78 is 0. The van der Waals surface area contributed by atoms with E-state index in [0.717, 1.165) is 4.90 Å². The van der Waals surface area contributed by atoms with Gasteiger partial charge in [0.15, 0.2) is 0 Å². The highest BCUT2D eigenvalue weighted by atomic mass is 35.5. The molecule has 2 unspecified atom stereocenters. The van der Waals surface area contributed by atoms with Crippen LogP contribution in [0, 0.1) is 23.2 Å². The van der Waals surface area contributed by atoms with Crippen molar-refractivity contribution in [3.05, 3.63) is 40.9 Å². The molecule has 7 heteroatoms. The summed E-state index contributed by atoms with van der Waals surface area (Å²) in [6.07, 6.45) is 4.88. The third-order valence-electron chi connectivity index (χ3n) is 4.27. The van der Waals surface area contributed by atoms with Crippen molar-refractivity contribution in [2.75, 3.05) is 11.9 Å². The number of fused-ring (bicyclic) bond motifs is 1. The van der Waals surface area contributed by atoms with Gasteiger partial charge in [-0.2, -0.15) is 5.26 Å². The summed E-state index contributed by atoms with van der Waals surface area (Å²) in [5.41, 5.74) is 0.707. The first-order chi connectivity index (χ1) is 11.5. The number of amides is 3. The lowest BCUT2D eigenvalue weighted by atomic mass is 9.85. The van der Waals surface area contributed by atoms with Gasteiger partial charge >= 0.3 is 0 Å². The number of halogens is 1. The number of hydrogen-bond donors (Lipinski definition) is 1. The molecule has 3 rings (SSSR count). The Kier molecular flexibility index (Phi) is 4.36. The van der Waals surface area contributed by atoms with Gasteiger partial charge in [-0.3, -0.25) is 19.3 Å². The lowest BCUT2D eigenvalue weighted by Crippen LogP contribution is -2.38. The summed E-state index contributed by atoms with van der Waals surface area (Å²) in [6.45, 7) is -0.317. The molecule has 2 atom stereocenters. The lowest BCUT2D eigenvalue weighted by molar-refractivity contribution is -0.142. The second kappa shape index (κ2) is 6.46. The van der Waals surface area contributed by atoms with Gasteiger partial charge in [0.05, 0.1) is 22.4 Å². The molecule has 0 aromatic heterocycles. The maximum Gasteiger partial charge on any atom is 0.244 e. The third-order valence-corrected chi connectivity index (χ3v) is 4.59. The summed E-state index contributed by atoms with van der Waals surface area (Å²) >= 11 is 5.91. The number of carbonyl (C=O) groups excluding carboxylic acids is 3. The fraction of sp³-hybridized carbons (Fsp3) is 0.294. The van der Waals surface area contributed by atoms with Gasteiger partial charge in [0.25, 0.3) is 0 Å². The minimum absolute atomic E-state index is 0.223. The number of nitriles is 1. The van der Waals surface area contributed by atoms with Crippen molar-refractivity contribution in [2.45, 2.75) is 12.8 Å². The van der Waals surface area contributed by atoms with Crippen LogP contribution in [0.3, 0.4) is 0 Å². The van der Waals surface area contributed by atoms with Gasteiger partial charge < -0.3 is 5.32 Å². The molecule has 0 bridgehead atoms. The van der Waals surface area contributed by atoms with E-state index in [9.17, 15) is 14.4 Å². The Bertz CT molecular complexity index is 771. The number of nitrogens with one attached hydrogen (secondary N) is 1. The average Bonchev–Trinajstić information content (AvgIpc) is 2.80. The number of rotatable bonds is 3. The van der Waals surface area contributed by atoms with Crippen LogP contribution in [0.25, 0.3) is 0 Å². The Hall–Kier alpha value is -2.65. The number of carbonyl (C=O) groups is 3. The molecule has 6 nitrogen and oxygen atoms in total. The Morgan fingerprint density at radius 1 is 1.25 bits per heavy atom. The molecule has 1 N–H and O–H groups in total. The molecule has 3 amide bonds. The normalized spacial score (nSPS) is 22.2. The number of benzene rings is 1. The van der Waals surface area contributed by atoms with Gasteiger partial charge in [0.2, 0.25) is 17.7 Å². The van der Waals surface area contributed by atoms with Crippen LogP contribution in [0.15, 0.2) is 30.4 Å². The zero-order chi connectivity index (χ0) is 17.3. The number of hydrogen-bond acceptors (Lipinski definition) is 4. The van der Waals surface area contributed by atoms with E-state index in [4.69, 9.17) is 16.9 Å². The summed E-state index contributed by atoms with van der Waals surface area (Å²) in [4.78, 5) is 37.8. The van der Waals surface area contributed by atoms with E-state index in [2.05, 4.69) is 5.32 Å². The average molecular weight is 344 g/mol. The molecule has 1 aliphatic heterocycles. The SMILES string of the molecule is N#Cc1ccc(NC(=O)CN2C(=O)C3CC=CCC3C2=O)cc1Cl. The highest BCUT2D eigenvalue weighted by molar-refractivity contribution is 6.32. The van der Waals surface area contributed by atoms with Crippen molar-refractivity contribution in [3.8, 4) is 6.07 Å². The molecule has 1 aromatic rings. The number of nitrogens with zero attached hydrogens (tertiary/aromatic N) is 2. The largest absolute Gasteiger partial charge is 0.324 e. The van der Waals surface area contributed by atoms with E-state index in [-0.39, 0.29) is 35.2 Å². The van der Waals surface area contributed by atoms with E-state index in [0.29, 0.717) is 24.1 Å². The van der Waals surface area contributed by atoms with Crippen LogP contribution in [0.2, 0.25) is 5.02 Å². The molecule has 122 valence electrons. The predicted molar refractivity (Wildman–Crippen MR) is 86.9 cm³/mol. The highest BCUT2D eigenvalue weighted by Crippen LogP contribution is 2.34. The number of anilines is 1. The molecule has 1 saturated heterocycles.